The molecule has 1 saturated heterocycles. The molecule has 1 fully saturated rings. The van der Waals surface area contributed by atoms with Crippen LogP contribution in [-0.4, -0.2) is 42.7 Å². The van der Waals surface area contributed by atoms with Crippen molar-refractivity contribution in [1.82, 2.24) is 0 Å². The molecular formula is C34H34N2O5Si. The van der Waals surface area contributed by atoms with E-state index >= 15 is 0 Å². The Morgan fingerprint density at radius 2 is 1.60 bits per heavy atom. The van der Waals surface area contributed by atoms with Crippen LogP contribution in [0.3, 0.4) is 0 Å². The molecule has 0 aromatic heterocycles. The predicted molar refractivity (Wildman–Crippen MR) is 165 cm³/mol. The van der Waals surface area contributed by atoms with Crippen LogP contribution in [0.1, 0.15) is 34.8 Å². The molecule has 1 spiro atoms. The Labute approximate surface area is 246 Å². The summed E-state index contributed by atoms with van der Waals surface area (Å²) in [6.45, 7) is 6.04. The highest BCUT2D eigenvalue weighted by molar-refractivity contribution is 6.71. The summed E-state index contributed by atoms with van der Waals surface area (Å²) in [4.78, 5) is 42.6. The second-order valence-corrected chi connectivity index (χ2v) is 16.2. The highest BCUT2D eigenvalue weighted by atomic mass is 28.4. The number of aliphatic hydroxyl groups excluding tert-OH is 1. The Kier molecular flexibility index (Phi) is 6.18. The van der Waals surface area contributed by atoms with Crippen molar-refractivity contribution in [2.45, 2.75) is 50.2 Å². The summed E-state index contributed by atoms with van der Waals surface area (Å²) in [6, 6.07) is 27.3. The largest absolute Gasteiger partial charge is 0.432 e. The maximum atomic E-state index is 14.4. The zero-order valence-electron chi connectivity index (χ0n) is 23.9. The van der Waals surface area contributed by atoms with Crippen molar-refractivity contribution < 1.29 is 24.2 Å². The minimum atomic E-state index is -2.73. The molecule has 7 nitrogen and oxygen atoms in total. The van der Waals surface area contributed by atoms with Crippen LogP contribution in [0.4, 0.5) is 17.1 Å². The van der Waals surface area contributed by atoms with Crippen LogP contribution in [-0.2, 0) is 21.7 Å². The fraction of sp³-hybridized carbons (Fsp3) is 0.294. The molecule has 4 atom stereocenters. The van der Waals surface area contributed by atoms with Gasteiger partial charge in [0.15, 0.2) is 13.9 Å². The number of ether oxygens (including phenoxy) is 1. The minimum Gasteiger partial charge on any atom is -0.432 e. The molecule has 3 heterocycles. The van der Waals surface area contributed by atoms with Gasteiger partial charge in [0.05, 0.1) is 29.6 Å². The summed E-state index contributed by atoms with van der Waals surface area (Å²) < 4.78 is 6.64. The smallest absolute Gasteiger partial charge is 0.264 e. The molecule has 3 aliphatic rings. The first-order valence-electron chi connectivity index (χ1n) is 14.5. The summed E-state index contributed by atoms with van der Waals surface area (Å²) in [6.07, 6.45) is -0.0308. The second kappa shape index (κ2) is 9.60. The number of hydrogen-bond acceptors (Lipinski definition) is 5. The molecule has 2 N–H and O–H groups in total. The predicted octanol–water partition coefficient (Wildman–Crippen LogP) is 5.86. The van der Waals surface area contributed by atoms with E-state index in [1.54, 1.807) is 9.80 Å². The number of anilines is 3. The fourth-order valence-corrected chi connectivity index (χ4v) is 10.3. The molecule has 2 amide bonds. The van der Waals surface area contributed by atoms with Crippen LogP contribution in [0, 0.1) is 5.92 Å². The van der Waals surface area contributed by atoms with Gasteiger partial charge in [0, 0.05) is 34.7 Å². The maximum absolute atomic E-state index is 14.4. The number of aliphatic hydroxyl groups is 1. The maximum Gasteiger partial charge on any atom is 0.264 e. The third kappa shape index (κ3) is 3.76. The van der Waals surface area contributed by atoms with Crippen molar-refractivity contribution in [3.05, 3.63) is 102 Å². The van der Waals surface area contributed by atoms with Crippen molar-refractivity contribution in [1.29, 1.82) is 0 Å². The summed E-state index contributed by atoms with van der Waals surface area (Å²) in [5.74, 6) is -0.442. The highest BCUT2D eigenvalue weighted by Gasteiger charge is 2.66. The summed E-state index contributed by atoms with van der Waals surface area (Å²) in [7, 11) is -2.73. The van der Waals surface area contributed by atoms with Crippen LogP contribution in [0.25, 0.3) is 10.8 Å². The number of nitrogens with zero attached hydrogens (tertiary/aromatic N) is 2. The molecule has 0 bridgehead atoms. The first-order chi connectivity index (χ1) is 20.2. The van der Waals surface area contributed by atoms with Crippen molar-refractivity contribution in [3.63, 3.8) is 0 Å². The van der Waals surface area contributed by atoms with Gasteiger partial charge in [0.25, 0.3) is 11.8 Å². The van der Waals surface area contributed by atoms with E-state index in [9.17, 15) is 19.5 Å². The molecule has 7 rings (SSSR count). The van der Waals surface area contributed by atoms with Crippen LogP contribution in [0.2, 0.25) is 18.6 Å². The van der Waals surface area contributed by atoms with Gasteiger partial charge in [0.1, 0.15) is 0 Å². The number of rotatable bonds is 6. The number of hydrogen-bond donors (Lipinski definition) is 2. The van der Waals surface area contributed by atoms with Gasteiger partial charge in [0.2, 0.25) is 0 Å². The van der Waals surface area contributed by atoms with Crippen molar-refractivity contribution in [3.8, 4) is 0 Å². The standard InChI is InChI=1S/C34H34N2O5Si/c1-21-31(42(2,3)40)29(18-19-37)41-34(21)26-11-4-5-12-27(26)35(33(34)39)20-22-14-16-24(17-15-22)36-28-13-7-9-23-8-6-10-25(30(23)28)32(36)38/h4-17,21,29,31,37,40H,18-20H2,1-3H3/t21-,29+,31-,34+/m0/s1. The lowest BCUT2D eigenvalue weighted by Gasteiger charge is -2.32. The van der Waals surface area contributed by atoms with Crippen LogP contribution in [0.5, 0.6) is 0 Å². The molecule has 4 aromatic rings. The van der Waals surface area contributed by atoms with Crippen LogP contribution in [0.15, 0.2) is 84.9 Å². The number of fused-ring (bicyclic) bond motifs is 2. The summed E-state index contributed by atoms with van der Waals surface area (Å²) in [5.41, 5.74) is 3.48. The van der Waals surface area contributed by atoms with Crippen molar-refractivity contribution in [2.24, 2.45) is 5.92 Å². The van der Waals surface area contributed by atoms with Crippen LogP contribution < -0.4 is 9.80 Å². The molecule has 0 saturated carbocycles. The first kappa shape index (κ1) is 27.0. The van der Waals surface area contributed by atoms with Gasteiger partial charge in [-0.3, -0.25) is 14.5 Å². The van der Waals surface area contributed by atoms with E-state index in [-0.39, 0.29) is 29.9 Å². The highest BCUT2D eigenvalue weighted by Crippen LogP contribution is 2.59. The minimum absolute atomic E-state index is 0.0464. The molecule has 4 aromatic carbocycles. The Balaban J connectivity index is 1.21. The van der Waals surface area contributed by atoms with Gasteiger partial charge >= 0.3 is 0 Å². The van der Waals surface area contributed by atoms with E-state index in [2.05, 4.69) is 0 Å². The van der Waals surface area contributed by atoms with E-state index in [1.807, 2.05) is 105 Å². The Hall–Kier alpha value is -3.82. The molecule has 0 unspecified atom stereocenters. The summed E-state index contributed by atoms with van der Waals surface area (Å²) in [5, 5.41) is 11.8. The second-order valence-electron chi connectivity index (χ2n) is 12.3. The molecule has 3 aliphatic heterocycles. The molecule has 8 heteroatoms. The van der Waals surface area contributed by atoms with Gasteiger partial charge in [-0.25, -0.2) is 0 Å². The van der Waals surface area contributed by atoms with Gasteiger partial charge in [-0.15, -0.1) is 0 Å². The van der Waals surface area contributed by atoms with Crippen LogP contribution >= 0.6 is 0 Å². The first-order valence-corrected chi connectivity index (χ1v) is 17.6. The van der Waals surface area contributed by atoms with E-state index in [4.69, 9.17) is 4.74 Å². The van der Waals surface area contributed by atoms with Crippen molar-refractivity contribution in [2.75, 3.05) is 16.4 Å². The number of carbonyl (C=O) groups excluding carboxylic acids is 2. The van der Waals surface area contributed by atoms with Crippen molar-refractivity contribution >= 4 is 48.0 Å². The SMILES string of the molecule is C[C@H]1[C@H]([Si](C)(C)O)[C@@H](CCO)O[C@]12C(=O)N(Cc1ccc(N3C(=O)c4cccc5cccc3c45)cc1)c1ccccc12. The number of amides is 2. The van der Waals surface area contributed by atoms with E-state index in [1.165, 1.54) is 0 Å². The van der Waals surface area contributed by atoms with E-state index in [0.29, 0.717) is 18.5 Å². The lowest BCUT2D eigenvalue weighted by Crippen LogP contribution is -2.46. The molecular weight excluding hydrogens is 544 g/mol. The topological polar surface area (TPSA) is 90.3 Å². The molecule has 214 valence electrons. The van der Waals surface area contributed by atoms with Gasteiger partial charge in [-0.05, 0) is 60.8 Å². The zero-order valence-corrected chi connectivity index (χ0v) is 24.9. The Morgan fingerprint density at radius 1 is 0.905 bits per heavy atom. The third-order valence-corrected chi connectivity index (χ3v) is 11.9. The number of para-hydroxylation sites is 1. The average molecular weight is 579 g/mol. The Morgan fingerprint density at radius 3 is 2.31 bits per heavy atom. The number of benzene rings is 4. The van der Waals surface area contributed by atoms with Gasteiger partial charge < -0.3 is 19.5 Å². The monoisotopic (exact) mass is 578 g/mol. The molecule has 0 aliphatic carbocycles. The van der Waals surface area contributed by atoms with Gasteiger partial charge in [-0.1, -0.05) is 61.5 Å². The lowest BCUT2D eigenvalue weighted by atomic mass is 9.82. The summed E-state index contributed by atoms with van der Waals surface area (Å²) >= 11 is 0. The number of carbonyl (C=O) groups is 2. The molecule has 0 radical (unpaired) electrons. The van der Waals surface area contributed by atoms with Gasteiger partial charge in [-0.2, -0.15) is 0 Å². The normalized spacial score (nSPS) is 24.8. The molecule has 42 heavy (non-hydrogen) atoms. The zero-order chi connectivity index (χ0) is 29.4. The van der Waals surface area contributed by atoms with E-state index < -0.39 is 20.0 Å². The fourth-order valence-electron chi connectivity index (χ4n) is 7.69. The Bertz CT molecular complexity index is 1730. The third-order valence-electron chi connectivity index (χ3n) is 9.40. The average Bonchev–Trinajstić information content (AvgIpc) is 3.52. The lowest BCUT2D eigenvalue weighted by molar-refractivity contribution is -0.146. The van der Waals surface area contributed by atoms with E-state index in [0.717, 1.165) is 39.0 Å². The quantitative estimate of drug-likeness (QED) is 0.280.